The van der Waals surface area contributed by atoms with Crippen LogP contribution in [0.5, 0.6) is 11.5 Å². The zero-order valence-corrected chi connectivity index (χ0v) is 16.8. The SMILES string of the molecule is COc1ccc(CN2C(=O)NC(CCC(=O)NCCc3ccc(O)cc3)C2=O)cc1. The lowest BCUT2D eigenvalue weighted by atomic mass is 10.1. The molecule has 1 atom stereocenters. The van der Waals surface area contributed by atoms with Crippen molar-refractivity contribution in [2.24, 2.45) is 0 Å². The molecule has 2 aromatic rings. The predicted molar refractivity (Wildman–Crippen MR) is 110 cm³/mol. The average molecular weight is 411 g/mol. The number of amides is 4. The van der Waals surface area contributed by atoms with Crippen LogP contribution in [0.15, 0.2) is 48.5 Å². The summed E-state index contributed by atoms with van der Waals surface area (Å²) < 4.78 is 5.10. The molecule has 3 rings (SSSR count). The summed E-state index contributed by atoms with van der Waals surface area (Å²) in [5, 5.41) is 14.7. The van der Waals surface area contributed by atoms with E-state index in [4.69, 9.17) is 4.74 Å². The summed E-state index contributed by atoms with van der Waals surface area (Å²) in [7, 11) is 1.57. The molecule has 158 valence electrons. The number of hydrogen-bond donors (Lipinski definition) is 3. The molecule has 0 spiro atoms. The third-order valence-corrected chi connectivity index (χ3v) is 4.94. The lowest BCUT2D eigenvalue weighted by Crippen LogP contribution is -2.33. The summed E-state index contributed by atoms with van der Waals surface area (Å²) in [6.07, 6.45) is 1.03. The van der Waals surface area contributed by atoms with Crippen LogP contribution >= 0.6 is 0 Å². The van der Waals surface area contributed by atoms with Crippen molar-refractivity contribution in [3.63, 3.8) is 0 Å². The van der Waals surface area contributed by atoms with E-state index in [-0.39, 0.29) is 37.0 Å². The second-order valence-corrected chi connectivity index (χ2v) is 7.08. The Morgan fingerprint density at radius 2 is 1.77 bits per heavy atom. The number of urea groups is 1. The first-order valence-corrected chi connectivity index (χ1v) is 9.75. The van der Waals surface area contributed by atoms with E-state index in [0.29, 0.717) is 18.7 Å². The van der Waals surface area contributed by atoms with Gasteiger partial charge in [-0.1, -0.05) is 24.3 Å². The van der Waals surface area contributed by atoms with Crippen molar-refractivity contribution >= 4 is 17.8 Å². The first kappa shape index (κ1) is 21.2. The maximum absolute atomic E-state index is 12.5. The minimum absolute atomic E-state index is 0.142. The van der Waals surface area contributed by atoms with Gasteiger partial charge in [0.25, 0.3) is 5.91 Å². The third kappa shape index (κ3) is 5.50. The number of benzene rings is 2. The van der Waals surface area contributed by atoms with Crippen LogP contribution in [0.4, 0.5) is 4.79 Å². The minimum atomic E-state index is -0.696. The summed E-state index contributed by atoms with van der Waals surface area (Å²) in [6, 6.07) is 12.8. The van der Waals surface area contributed by atoms with Gasteiger partial charge in [0.15, 0.2) is 0 Å². The van der Waals surface area contributed by atoms with Gasteiger partial charge in [0, 0.05) is 13.0 Å². The summed E-state index contributed by atoms with van der Waals surface area (Å²) in [5.41, 5.74) is 1.81. The van der Waals surface area contributed by atoms with Crippen LogP contribution in [0.1, 0.15) is 24.0 Å². The molecule has 1 aliphatic rings. The molecule has 8 heteroatoms. The molecule has 1 aliphatic heterocycles. The standard InChI is InChI=1S/C22H25N3O5/c1-30-18-8-4-16(5-9-18)14-25-21(28)19(24-22(25)29)10-11-20(27)23-13-12-15-2-6-17(26)7-3-15/h2-9,19,26H,10-14H2,1H3,(H,23,27)(H,24,29). The zero-order chi connectivity index (χ0) is 21.5. The summed E-state index contributed by atoms with van der Waals surface area (Å²) in [4.78, 5) is 37.9. The van der Waals surface area contributed by atoms with Gasteiger partial charge in [-0.15, -0.1) is 0 Å². The Morgan fingerprint density at radius 1 is 1.10 bits per heavy atom. The van der Waals surface area contributed by atoms with E-state index < -0.39 is 12.1 Å². The zero-order valence-electron chi connectivity index (χ0n) is 16.8. The topological polar surface area (TPSA) is 108 Å². The fourth-order valence-corrected chi connectivity index (χ4v) is 3.21. The molecule has 0 aliphatic carbocycles. The van der Waals surface area contributed by atoms with Gasteiger partial charge in [-0.05, 0) is 48.2 Å². The van der Waals surface area contributed by atoms with Crippen LogP contribution in [0.2, 0.25) is 0 Å². The number of hydrogen-bond acceptors (Lipinski definition) is 5. The van der Waals surface area contributed by atoms with Gasteiger partial charge in [-0.2, -0.15) is 0 Å². The van der Waals surface area contributed by atoms with Crippen LogP contribution in [-0.2, 0) is 22.6 Å². The fourth-order valence-electron chi connectivity index (χ4n) is 3.21. The van der Waals surface area contributed by atoms with Crippen LogP contribution in [-0.4, -0.2) is 47.5 Å². The number of rotatable bonds is 9. The monoisotopic (exact) mass is 411 g/mol. The number of imide groups is 1. The summed E-state index contributed by atoms with van der Waals surface area (Å²) in [5.74, 6) is 0.398. The van der Waals surface area contributed by atoms with Crippen LogP contribution in [0, 0.1) is 0 Å². The molecule has 1 saturated heterocycles. The van der Waals surface area contributed by atoms with Crippen molar-refractivity contribution in [2.45, 2.75) is 31.8 Å². The lowest BCUT2D eigenvalue weighted by molar-refractivity contribution is -0.128. The number of nitrogens with one attached hydrogen (secondary N) is 2. The lowest BCUT2D eigenvalue weighted by Gasteiger charge is -2.13. The maximum atomic E-state index is 12.5. The van der Waals surface area contributed by atoms with Crippen LogP contribution in [0.25, 0.3) is 0 Å². The van der Waals surface area contributed by atoms with Crippen LogP contribution in [0.3, 0.4) is 0 Å². The molecule has 0 saturated carbocycles. The summed E-state index contributed by atoms with van der Waals surface area (Å²) >= 11 is 0. The van der Waals surface area contributed by atoms with Gasteiger partial charge in [0.05, 0.1) is 13.7 Å². The normalized spacial score (nSPS) is 15.8. The number of phenolic OH excluding ortho intramolecular Hbond substituents is 1. The highest BCUT2D eigenvalue weighted by atomic mass is 16.5. The first-order chi connectivity index (χ1) is 14.5. The Labute approximate surface area is 174 Å². The summed E-state index contributed by atoms with van der Waals surface area (Å²) in [6.45, 7) is 0.627. The number of phenols is 1. The number of aromatic hydroxyl groups is 1. The Kier molecular flexibility index (Phi) is 6.90. The van der Waals surface area contributed by atoms with Crippen molar-refractivity contribution in [3.05, 3.63) is 59.7 Å². The van der Waals surface area contributed by atoms with E-state index in [9.17, 15) is 19.5 Å². The Bertz CT molecular complexity index is 896. The van der Waals surface area contributed by atoms with Crippen LogP contribution < -0.4 is 15.4 Å². The highest BCUT2D eigenvalue weighted by Crippen LogP contribution is 2.17. The number of methoxy groups -OCH3 is 1. The first-order valence-electron chi connectivity index (χ1n) is 9.75. The van der Waals surface area contributed by atoms with E-state index in [1.807, 2.05) is 0 Å². The van der Waals surface area contributed by atoms with Crippen molar-refractivity contribution in [1.82, 2.24) is 15.5 Å². The van der Waals surface area contributed by atoms with Gasteiger partial charge in [-0.25, -0.2) is 4.79 Å². The van der Waals surface area contributed by atoms with Crippen molar-refractivity contribution in [2.75, 3.05) is 13.7 Å². The van der Waals surface area contributed by atoms with Gasteiger partial charge >= 0.3 is 6.03 Å². The molecule has 8 nitrogen and oxygen atoms in total. The Hall–Kier alpha value is -3.55. The molecule has 1 unspecified atom stereocenters. The molecule has 1 heterocycles. The second-order valence-electron chi connectivity index (χ2n) is 7.08. The third-order valence-electron chi connectivity index (χ3n) is 4.94. The molecular weight excluding hydrogens is 386 g/mol. The molecular formula is C22H25N3O5. The smallest absolute Gasteiger partial charge is 0.325 e. The molecule has 30 heavy (non-hydrogen) atoms. The average Bonchev–Trinajstić information content (AvgIpc) is 3.02. The number of carbonyl (C=O) groups excluding carboxylic acids is 3. The molecule has 0 aromatic heterocycles. The number of nitrogens with zero attached hydrogens (tertiary/aromatic N) is 1. The van der Waals surface area contributed by atoms with Gasteiger partial charge in [0.1, 0.15) is 17.5 Å². The van der Waals surface area contributed by atoms with Crippen molar-refractivity contribution < 1.29 is 24.2 Å². The van der Waals surface area contributed by atoms with Gasteiger partial charge < -0.3 is 20.5 Å². The minimum Gasteiger partial charge on any atom is -0.508 e. The Morgan fingerprint density at radius 3 is 2.43 bits per heavy atom. The molecule has 0 radical (unpaired) electrons. The van der Waals surface area contributed by atoms with Crippen molar-refractivity contribution in [3.8, 4) is 11.5 Å². The molecule has 0 bridgehead atoms. The fraction of sp³-hybridized carbons (Fsp3) is 0.318. The quantitative estimate of drug-likeness (QED) is 0.547. The highest BCUT2D eigenvalue weighted by molar-refractivity contribution is 6.04. The largest absolute Gasteiger partial charge is 0.508 e. The predicted octanol–water partition coefficient (Wildman–Crippen LogP) is 1.96. The molecule has 4 amide bonds. The van der Waals surface area contributed by atoms with Gasteiger partial charge in [0.2, 0.25) is 5.91 Å². The van der Waals surface area contributed by atoms with Gasteiger partial charge in [-0.3, -0.25) is 14.5 Å². The molecule has 2 aromatic carbocycles. The van der Waals surface area contributed by atoms with E-state index in [1.165, 1.54) is 0 Å². The van der Waals surface area contributed by atoms with E-state index >= 15 is 0 Å². The Balaban J connectivity index is 1.42. The molecule has 1 fully saturated rings. The number of carbonyl (C=O) groups is 3. The maximum Gasteiger partial charge on any atom is 0.325 e. The molecule has 3 N–H and O–H groups in total. The highest BCUT2D eigenvalue weighted by Gasteiger charge is 2.37. The number of ether oxygens (including phenoxy) is 1. The van der Waals surface area contributed by atoms with E-state index in [1.54, 1.807) is 55.6 Å². The van der Waals surface area contributed by atoms with Crippen molar-refractivity contribution in [1.29, 1.82) is 0 Å². The van der Waals surface area contributed by atoms with E-state index in [2.05, 4.69) is 10.6 Å². The van der Waals surface area contributed by atoms with E-state index in [0.717, 1.165) is 16.0 Å². The second kappa shape index (κ2) is 9.78.